The van der Waals surface area contributed by atoms with Crippen LogP contribution in [0.5, 0.6) is 0 Å². The van der Waals surface area contributed by atoms with Gasteiger partial charge >= 0.3 is 18.4 Å². The van der Waals surface area contributed by atoms with Crippen LogP contribution >= 0.6 is 0 Å². The molecule has 2 aromatic heterocycles. The molecule has 0 radical (unpaired) electrons. The molecule has 1 saturated carbocycles. The number of ether oxygens (including phenoxy) is 2. The van der Waals surface area contributed by atoms with Crippen molar-refractivity contribution < 1.29 is 49.8 Å². The number of hydrogen-bond acceptors (Lipinski definition) is 8. The van der Waals surface area contributed by atoms with E-state index in [1.165, 1.54) is 32.9 Å². The molecule has 15 heteroatoms. The van der Waals surface area contributed by atoms with Crippen molar-refractivity contribution in [3.8, 4) is 11.6 Å². The van der Waals surface area contributed by atoms with Crippen LogP contribution in [0.25, 0.3) is 11.6 Å². The molecule has 1 unspecified atom stereocenters. The van der Waals surface area contributed by atoms with Crippen LogP contribution in [0.2, 0.25) is 0 Å². The first kappa shape index (κ1) is 34.3. The van der Waals surface area contributed by atoms with E-state index in [1.54, 1.807) is 12.2 Å². The number of amides is 1. The second-order valence-electron chi connectivity index (χ2n) is 12.9. The Hall–Kier alpha value is -4.01. The summed E-state index contributed by atoms with van der Waals surface area (Å²) in [4.78, 5) is 30.6. The van der Waals surface area contributed by atoms with Gasteiger partial charge in [0.2, 0.25) is 5.60 Å². The van der Waals surface area contributed by atoms with Crippen LogP contribution in [0, 0.1) is 5.41 Å². The third-order valence-corrected chi connectivity index (χ3v) is 8.32. The maximum atomic E-state index is 15.1. The Morgan fingerprint density at radius 1 is 0.979 bits per heavy atom. The zero-order valence-electron chi connectivity index (χ0n) is 26.0. The van der Waals surface area contributed by atoms with Gasteiger partial charge in [-0.15, -0.1) is 10.2 Å². The van der Waals surface area contributed by atoms with Crippen molar-refractivity contribution in [2.45, 2.75) is 95.7 Å². The van der Waals surface area contributed by atoms with Gasteiger partial charge in [0.25, 0.3) is 11.8 Å². The summed E-state index contributed by atoms with van der Waals surface area (Å²) in [6.07, 6.45) is -1.61. The van der Waals surface area contributed by atoms with Gasteiger partial charge in [0.1, 0.15) is 11.3 Å². The van der Waals surface area contributed by atoms with Crippen LogP contribution in [-0.2, 0) is 21.3 Å². The maximum absolute atomic E-state index is 15.1. The number of carbonyl (C=O) groups is 2. The highest BCUT2D eigenvalue weighted by Gasteiger charge is 2.61. The van der Waals surface area contributed by atoms with Crippen LogP contribution in [-0.4, -0.2) is 45.4 Å². The quantitative estimate of drug-likeness (QED) is 0.254. The van der Waals surface area contributed by atoms with Gasteiger partial charge in [-0.3, -0.25) is 10.1 Å². The van der Waals surface area contributed by atoms with Gasteiger partial charge in [-0.1, -0.05) is 36.8 Å². The molecule has 1 spiro atoms. The number of rotatable bonds is 4. The first-order valence-electron chi connectivity index (χ1n) is 15.2. The van der Waals surface area contributed by atoms with Gasteiger partial charge in [0, 0.05) is 11.8 Å². The van der Waals surface area contributed by atoms with E-state index in [0.29, 0.717) is 24.5 Å². The Morgan fingerprint density at radius 3 is 2.32 bits per heavy atom. The molecule has 2 aliphatic carbocycles. The van der Waals surface area contributed by atoms with Crippen LogP contribution in [0.4, 0.5) is 36.8 Å². The second kappa shape index (κ2) is 12.5. The van der Waals surface area contributed by atoms with Gasteiger partial charge in [0.15, 0.2) is 11.5 Å². The van der Waals surface area contributed by atoms with Crippen molar-refractivity contribution in [1.29, 1.82) is 0 Å². The average molecular weight is 669 g/mol. The minimum Gasteiger partial charge on any atom is -0.444 e. The number of halogens is 6. The maximum Gasteiger partial charge on any atom is 0.426 e. The van der Waals surface area contributed by atoms with E-state index in [4.69, 9.17) is 13.9 Å². The highest BCUT2D eigenvalue weighted by Crippen LogP contribution is 2.50. The molecule has 0 aromatic carbocycles. The highest BCUT2D eigenvalue weighted by molar-refractivity contribution is 6.02. The molecule has 1 fully saturated rings. The van der Waals surface area contributed by atoms with E-state index < -0.39 is 88.3 Å². The van der Waals surface area contributed by atoms with Crippen LogP contribution < -0.4 is 5.32 Å². The lowest BCUT2D eigenvalue weighted by atomic mass is 9.62. The van der Waals surface area contributed by atoms with E-state index in [1.807, 2.05) is 6.08 Å². The fraction of sp³-hybridized carbons (Fsp3) is 0.531. The lowest BCUT2D eigenvalue weighted by Crippen LogP contribution is -2.45. The second-order valence-corrected chi connectivity index (χ2v) is 12.9. The van der Waals surface area contributed by atoms with E-state index in [9.17, 15) is 22.8 Å². The van der Waals surface area contributed by atoms with Crippen LogP contribution in [0.1, 0.15) is 94.1 Å². The number of aromatic nitrogens is 3. The van der Waals surface area contributed by atoms with E-state index in [-0.39, 0.29) is 25.7 Å². The third-order valence-electron chi connectivity index (χ3n) is 8.32. The number of fused-ring (bicyclic) bond motifs is 5. The molecule has 47 heavy (non-hydrogen) atoms. The minimum atomic E-state index is -5.10. The predicted molar refractivity (Wildman–Crippen MR) is 156 cm³/mol. The molecule has 3 heterocycles. The summed E-state index contributed by atoms with van der Waals surface area (Å²) in [5.74, 6) is -2.67. The number of allylic oxidation sites excluding steroid dienone is 3. The molecule has 4 bridgehead atoms. The van der Waals surface area contributed by atoms with Crippen molar-refractivity contribution in [2.75, 3.05) is 11.9 Å². The molecule has 3 aliphatic rings. The fourth-order valence-corrected chi connectivity index (χ4v) is 5.74. The van der Waals surface area contributed by atoms with Crippen molar-refractivity contribution >= 4 is 17.6 Å². The number of ketones is 1. The zero-order valence-corrected chi connectivity index (χ0v) is 26.0. The predicted octanol–water partition coefficient (Wildman–Crippen LogP) is 8.64. The summed E-state index contributed by atoms with van der Waals surface area (Å²) < 4.78 is 105. The largest absolute Gasteiger partial charge is 0.444 e. The number of alkyl halides is 6. The number of nitrogens with zero attached hydrogens (tertiary/aromatic N) is 3. The normalized spacial score (nSPS) is 22.2. The summed E-state index contributed by atoms with van der Waals surface area (Å²) >= 11 is 0. The Balaban J connectivity index is 1.71. The molecular formula is C32H34F6N4O5. The number of hydrogen-bond donors (Lipinski definition) is 1. The summed E-state index contributed by atoms with van der Waals surface area (Å²) in [5, 5.41) is 9.53. The summed E-state index contributed by atoms with van der Waals surface area (Å²) in [7, 11) is 0. The fourth-order valence-electron chi connectivity index (χ4n) is 5.74. The van der Waals surface area contributed by atoms with Crippen molar-refractivity contribution in [1.82, 2.24) is 15.2 Å². The molecule has 2 aromatic rings. The third kappa shape index (κ3) is 7.14. The standard InChI is InChI=1S/C32H34F6N4O5/c1-28(2,3)47-27(44)39-21-17-20(31(33,34)35)22-24(43)29(14-10-15-29)13-8-5-9-16-30(32(36,37)38,45-18-19-11-6-4-7-12-19)26-42-41-25(46-26)23(21)40-22/h5-6,9,11-12,17H,4,7-8,10,13-16,18H2,1-3H3,(H,39,44)/b9-5+. The monoisotopic (exact) mass is 668 g/mol. The van der Waals surface area contributed by atoms with Gasteiger partial charge in [-0.25, -0.2) is 9.78 Å². The molecule has 1 amide bonds. The number of carbonyl (C=O) groups excluding carboxylic acids is 2. The van der Waals surface area contributed by atoms with E-state index in [0.717, 1.165) is 6.42 Å². The molecular weight excluding hydrogens is 634 g/mol. The Labute approximate surface area is 266 Å². The van der Waals surface area contributed by atoms with Gasteiger partial charge in [-0.2, -0.15) is 26.3 Å². The molecule has 1 aliphatic heterocycles. The number of Topliss-reactive ketones (excluding diaryl/α,β-unsaturated/α-hetero) is 1. The lowest BCUT2D eigenvalue weighted by Gasteiger charge is -2.40. The Morgan fingerprint density at radius 2 is 1.72 bits per heavy atom. The number of nitrogens with one attached hydrogen (secondary N) is 1. The zero-order chi connectivity index (χ0) is 34.3. The summed E-state index contributed by atoms with van der Waals surface area (Å²) in [5.41, 5.74) is -8.62. The highest BCUT2D eigenvalue weighted by atomic mass is 19.4. The van der Waals surface area contributed by atoms with Crippen LogP contribution in [0.15, 0.2) is 46.4 Å². The molecule has 0 saturated heterocycles. The number of pyridine rings is 1. The van der Waals surface area contributed by atoms with Crippen molar-refractivity contribution in [2.24, 2.45) is 5.41 Å². The van der Waals surface area contributed by atoms with E-state index in [2.05, 4.69) is 20.5 Å². The molecule has 9 nitrogen and oxygen atoms in total. The number of anilines is 1. The van der Waals surface area contributed by atoms with Crippen molar-refractivity contribution in [3.05, 3.63) is 59.2 Å². The first-order valence-corrected chi connectivity index (χ1v) is 15.2. The van der Waals surface area contributed by atoms with Crippen molar-refractivity contribution in [3.63, 3.8) is 0 Å². The first-order chi connectivity index (χ1) is 21.9. The Kier molecular flexibility index (Phi) is 9.16. The SMILES string of the molecule is CC(C)(C)OC(=O)Nc1cc(C(F)(F)F)c2nc1-c1nnc(o1)C(OCC1=CCCC=C1)(C(F)(F)F)C/C=C/CCC1(CCC1)C2=O. The van der Waals surface area contributed by atoms with Crippen LogP contribution in [0.3, 0.4) is 0 Å². The van der Waals surface area contributed by atoms with Gasteiger partial charge in [-0.05, 0) is 70.9 Å². The summed E-state index contributed by atoms with van der Waals surface area (Å²) in [6, 6.07) is 0.483. The lowest BCUT2D eigenvalue weighted by molar-refractivity contribution is -0.289. The van der Waals surface area contributed by atoms with E-state index >= 15 is 13.2 Å². The minimum absolute atomic E-state index is 0.0878. The Bertz CT molecular complexity index is 1610. The molecule has 1 atom stereocenters. The topological polar surface area (TPSA) is 116 Å². The average Bonchev–Trinajstić information content (AvgIpc) is 3.43. The molecule has 1 N–H and O–H groups in total. The summed E-state index contributed by atoms with van der Waals surface area (Å²) in [6.45, 7) is 4.11. The van der Waals surface area contributed by atoms with Gasteiger partial charge < -0.3 is 13.9 Å². The van der Waals surface area contributed by atoms with Gasteiger partial charge in [0.05, 0.1) is 17.9 Å². The smallest absolute Gasteiger partial charge is 0.426 e. The molecule has 5 rings (SSSR count). The molecule has 254 valence electrons.